The Morgan fingerprint density at radius 3 is 2.73 bits per heavy atom. The molecule has 0 amide bonds. The van der Waals surface area contributed by atoms with Gasteiger partial charge >= 0.3 is 0 Å². The van der Waals surface area contributed by atoms with Crippen molar-refractivity contribution in [2.24, 2.45) is 0 Å². The van der Waals surface area contributed by atoms with Crippen LogP contribution >= 0.6 is 12.2 Å². The summed E-state index contributed by atoms with van der Waals surface area (Å²) in [6, 6.07) is 11.7. The van der Waals surface area contributed by atoms with E-state index in [-0.39, 0.29) is 6.10 Å². The van der Waals surface area contributed by atoms with Crippen molar-refractivity contribution in [3.8, 4) is 17.2 Å². The van der Waals surface area contributed by atoms with Crippen molar-refractivity contribution in [2.75, 3.05) is 19.0 Å². The second-order valence-electron chi connectivity index (χ2n) is 6.17. The van der Waals surface area contributed by atoms with Gasteiger partial charge in [-0.3, -0.25) is 0 Å². The molecule has 0 unspecified atom stereocenters. The number of ether oxygens (including phenoxy) is 3. The number of fused-ring (bicyclic) bond motifs is 1. The molecule has 2 aromatic rings. The monoisotopic (exact) mass is 372 g/mol. The van der Waals surface area contributed by atoms with Crippen molar-refractivity contribution in [3.63, 3.8) is 0 Å². The molecule has 0 aliphatic carbocycles. The van der Waals surface area contributed by atoms with Crippen LogP contribution in [-0.2, 0) is 13.0 Å². The Balaban J connectivity index is 1.64. The molecule has 1 heterocycles. The number of anilines is 1. The largest absolute Gasteiger partial charge is 0.497 e. The fraction of sp³-hybridized carbons (Fsp3) is 0.350. The number of methoxy groups -OCH3 is 1. The Hall–Kier alpha value is -2.47. The maximum atomic E-state index is 5.86. The molecule has 1 atom stereocenters. The molecular weight excluding hydrogens is 348 g/mol. The Labute approximate surface area is 159 Å². The predicted molar refractivity (Wildman–Crippen MR) is 107 cm³/mol. The average Bonchev–Trinajstić information content (AvgIpc) is 2.99. The first-order valence-electron chi connectivity index (χ1n) is 8.73. The van der Waals surface area contributed by atoms with Gasteiger partial charge < -0.3 is 24.8 Å². The van der Waals surface area contributed by atoms with E-state index in [4.69, 9.17) is 26.4 Å². The zero-order chi connectivity index (χ0) is 18.5. The third kappa shape index (κ3) is 4.38. The van der Waals surface area contributed by atoms with Crippen LogP contribution < -0.4 is 24.8 Å². The molecule has 0 spiro atoms. The van der Waals surface area contributed by atoms with E-state index < -0.39 is 0 Å². The fourth-order valence-corrected chi connectivity index (χ4v) is 3.12. The van der Waals surface area contributed by atoms with E-state index in [1.165, 1.54) is 5.56 Å². The topological polar surface area (TPSA) is 51.8 Å². The summed E-state index contributed by atoms with van der Waals surface area (Å²) in [6.45, 7) is 5.24. The van der Waals surface area contributed by atoms with E-state index in [1.54, 1.807) is 7.11 Å². The molecule has 0 saturated carbocycles. The lowest BCUT2D eigenvalue weighted by Crippen LogP contribution is -2.28. The quantitative estimate of drug-likeness (QED) is 0.750. The van der Waals surface area contributed by atoms with Crippen molar-refractivity contribution < 1.29 is 14.2 Å². The van der Waals surface area contributed by atoms with Gasteiger partial charge in [0.05, 0.1) is 13.7 Å². The highest BCUT2D eigenvalue weighted by Crippen LogP contribution is 2.35. The first-order valence-corrected chi connectivity index (χ1v) is 9.14. The molecular formula is C20H24N2O3S. The van der Waals surface area contributed by atoms with E-state index in [1.807, 2.05) is 37.3 Å². The number of hydrogen-bond donors (Lipinski definition) is 2. The number of rotatable bonds is 6. The van der Waals surface area contributed by atoms with Crippen molar-refractivity contribution >= 4 is 23.0 Å². The Bertz CT molecular complexity index is 777. The SMILES string of the molecule is CCOc1cc2c(cc1CNC(=S)Nc1ccc(OC)cc1)O[C@H](C)C2. The van der Waals surface area contributed by atoms with Gasteiger partial charge in [-0.05, 0) is 62.5 Å². The van der Waals surface area contributed by atoms with Gasteiger partial charge in [0.1, 0.15) is 23.4 Å². The minimum Gasteiger partial charge on any atom is -0.497 e. The highest BCUT2D eigenvalue weighted by Gasteiger charge is 2.21. The molecule has 0 aromatic heterocycles. The van der Waals surface area contributed by atoms with Crippen LogP contribution in [0.1, 0.15) is 25.0 Å². The van der Waals surface area contributed by atoms with Gasteiger partial charge in [0.2, 0.25) is 0 Å². The van der Waals surface area contributed by atoms with Gasteiger partial charge in [-0.2, -0.15) is 0 Å². The van der Waals surface area contributed by atoms with E-state index in [9.17, 15) is 0 Å². The summed E-state index contributed by atoms with van der Waals surface area (Å²) in [6.07, 6.45) is 1.13. The lowest BCUT2D eigenvalue weighted by Gasteiger charge is -2.15. The molecule has 0 bridgehead atoms. The first-order chi connectivity index (χ1) is 12.6. The maximum absolute atomic E-state index is 5.86. The zero-order valence-corrected chi connectivity index (χ0v) is 16.1. The maximum Gasteiger partial charge on any atom is 0.171 e. The third-order valence-corrected chi connectivity index (χ3v) is 4.41. The zero-order valence-electron chi connectivity index (χ0n) is 15.3. The summed E-state index contributed by atoms with van der Waals surface area (Å²) < 4.78 is 16.8. The smallest absolute Gasteiger partial charge is 0.171 e. The van der Waals surface area contributed by atoms with Gasteiger partial charge in [0, 0.05) is 29.8 Å². The van der Waals surface area contributed by atoms with Crippen molar-refractivity contribution in [1.82, 2.24) is 5.32 Å². The molecule has 0 fully saturated rings. The van der Waals surface area contributed by atoms with Crippen LogP contribution in [0.2, 0.25) is 0 Å². The van der Waals surface area contributed by atoms with Crippen LogP contribution in [-0.4, -0.2) is 24.9 Å². The Kier molecular flexibility index (Phi) is 5.83. The minimum absolute atomic E-state index is 0.209. The average molecular weight is 372 g/mol. The van der Waals surface area contributed by atoms with Crippen LogP contribution in [0.3, 0.4) is 0 Å². The van der Waals surface area contributed by atoms with Crippen molar-refractivity contribution in [2.45, 2.75) is 32.9 Å². The van der Waals surface area contributed by atoms with Crippen LogP contribution in [0.5, 0.6) is 17.2 Å². The van der Waals surface area contributed by atoms with Crippen molar-refractivity contribution in [3.05, 3.63) is 47.5 Å². The Morgan fingerprint density at radius 1 is 1.27 bits per heavy atom. The molecule has 1 aliphatic heterocycles. The predicted octanol–water partition coefficient (Wildman–Crippen LogP) is 3.90. The summed E-state index contributed by atoms with van der Waals surface area (Å²) in [7, 11) is 1.64. The summed E-state index contributed by atoms with van der Waals surface area (Å²) in [5.74, 6) is 2.62. The summed E-state index contributed by atoms with van der Waals surface area (Å²) in [5, 5.41) is 6.95. The van der Waals surface area contributed by atoms with E-state index in [0.717, 1.165) is 34.9 Å². The molecule has 0 saturated heterocycles. The second-order valence-corrected chi connectivity index (χ2v) is 6.58. The number of benzene rings is 2. The van der Waals surface area contributed by atoms with E-state index >= 15 is 0 Å². The molecule has 5 nitrogen and oxygen atoms in total. The molecule has 0 radical (unpaired) electrons. The van der Waals surface area contributed by atoms with Gasteiger partial charge in [-0.25, -0.2) is 0 Å². The standard InChI is InChI=1S/C20H24N2O3S/c1-4-24-18-10-14-9-13(2)25-19(14)11-15(18)12-21-20(26)22-16-5-7-17(23-3)8-6-16/h5-8,10-11,13H,4,9,12H2,1-3H3,(H2,21,22,26)/t13-/m1/s1. The van der Waals surface area contributed by atoms with Gasteiger partial charge in [-0.15, -0.1) is 0 Å². The van der Waals surface area contributed by atoms with Crippen molar-refractivity contribution in [1.29, 1.82) is 0 Å². The molecule has 2 aromatic carbocycles. The lowest BCUT2D eigenvalue weighted by molar-refractivity contribution is 0.254. The molecule has 26 heavy (non-hydrogen) atoms. The summed E-state index contributed by atoms with van der Waals surface area (Å²) in [4.78, 5) is 0. The Morgan fingerprint density at radius 2 is 2.04 bits per heavy atom. The van der Waals surface area contributed by atoms with Crippen LogP contribution in [0.15, 0.2) is 36.4 Å². The molecule has 138 valence electrons. The molecule has 6 heteroatoms. The normalized spacial score (nSPS) is 15.0. The molecule has 2 N–H and O–H groups in total. The van der Waals surface area contributed by atoms with Gasteiger partial charge in [-0.1, -0.05) is 0 Å². The third-order valence-electron chi connectivity index (χ3n) is 4.17. The fourth-order valence-electron chi connectivity index (χ4n) is 2.93. The highest BCUT2D eigenvalue weighted by atomic mass is 32.1. The first kappa shape index (κ1) is 18.3. The highest BCUT2D eigenvalue weighted by molar-refractivity contribution is 7.80. The molecule has 3 rings (SSSR count). The number of nitrogens with one attached hydrogen (secondary N) is 2. The van der Waals surface area contributed by atoms with E-state index in [0.29, 0.717) is 18.3 Å². The van der Waals surface area contributed by atoms with Crippen LogP contribution in [0, 0.1) is 0 Å². The second kappa shape index (κ2) is 8.27. The lowest BCUT2D eigenvalue weighted by atomic mass is 10.1. The van der Waals surface area contributed by atoms with Gasteiger partial charge in [0.15, 0.2) is 5.11 Å². The number of thiocarbonyl (C=S) groups is 1. The minimum atomic E-state index is 0.209. The number of hydrogen-bond acceptors (Lipinski definition) is 4. The summed E-state index contributed by atoms with van der Waals surface area (Å²) >= 11 is 5.40. The van der Waals surface area contributed by atoms with E-state index in [2.05, 4.69) is 23.6 Å². The van der Waals surface area contributed by atoms with Crippen LogP contribution in [0.4, 0.5) is 5.69 Å². The summed E-state index contributed by atoms with van der Waals surface area (Å²) in [5.41, 5.74) is 3.13. The molecule has 1 aliphatic rings. The van der Waals surface area contributed by atoms with Crippen LogP contribution in [0.25, 0.3) is 0 Å². The van der Waals surface area contributed by atoms with Gasteiger partial charge in [0.25, 0.3) is 0 Å².